The third-order valence-corrected chi connectivity index (χ3v) is 6.25. The molecule has 1 fully saturated rings. The predicted octanol–water partition coefficient (Wildman–Crippen LogP) is 2.65. The lowest BCUT2D eigenvalue weighted by Crippen LogP contribution is -2.19. The quantitative estimate of drug-likeness (QED) is 0.898. The van der Waals surface area contributed by atoms with E-state index in [1.54, 1.807) is 0 Å². The van der Waals surface area contributed by atoms with Crippen molar-refractivity contribution in [1.82, 2.24) is 10.1 Å². The fraction of sp³-hybridized carbons (Fsp3) is 0.833. The fourth-order valence-electron chi connectivity index (χ4n) is 1.98. The summed E-state index contributed by atoms with van der Waals surface area (Å²) in [5.74, 6) is 4.01. The standard InChI is InChI=1S/C12H21N3OS2/c1-3-9-11(18-7-6-17-9)12-14-10(16-15-12)5-4-8(2)13/h8-9,11H,3-7,13H2,1-2H3. The molecule has 0 radical (unpaired) electrons. The van der Waals surface area contributed by atoms with Crippen LogP contribution in [0.25, 0.3) is 0 Å². The summed E-state index contributed by atoms with van der Waals surface area (Å²) in [6.07, 6.45) is 2.84. The third kappa shape index (κ3) is 3.65. The molecule has 2 N–H and O–H groups in total. The second-order valence-electron chi connectivity index (χ2n) is 4.67. The predicted molar refractivity (Wildman–Crippen MR) is 78.0 cm³/mol. The maximum Gasteiger partial charge on any atom is 0.226 e. The normalized spacial score (nSPS) is 26.2. The maximum atomic E-state index is 5.74. The lowest BCUT2D eigenvalue weighted by molar-refractivity contribution is 0.367. The maximum absolute atomic E-state index is 5.74. The molecule has 1 aliphatic rings. The molecule has 2 heterocycles. The van der Waals surface area contributed by atoms with E-state index in [4.69, 9.17) is 10.3 Å². The highest BCUT2D eigenvalue weighted by Crippen LogP contribution is 2.42. The summed E-state index contributed by atoms with van der Waals surface area (Å²) in [6, 6.07) is 0.184. The first-order valence-electron chi connectivity index (χ1n) is 6.52. The van der Waals surface area contributed by atoms with Gasteiger partial charge in [0.25, 0.3) is 0 Å². The van der Waals surface area contributed by atoms with E-state index >= 15 is 0 Å². The molecule has 0 bridgehead atoms. The highest BCUT2D eigenvalue weighted by molar-refractivity contribution is 8.06. The second-order valence-corrected chi connectivity index (χ2v) is 7.27. The van der Waals surface area contributed by atoms with Crippen LogP contribution < -0.4 is 5.73 Å². The van der Waals surface area contributed by atoms with Gasteiger partial charge in [-0.25, -0.2) is 0 Å². The zero-order valence-electron chi connectivity index (χ0n) is 11.0. The van der Waals surface area contributed by atoms with Gasteiger partial charge in [0.2, 0.25) is 5.89 Å². The minimum atomic E-state index is 0.184. The fourth-order valence-corrected chi connectivity index (χ4v) is 4.96. The topological polar surface area (TPSA) is 64.9 Å². The molecule has 18 heavy (non-hydrogen) atoms. The Morgan fingerprint density at radius 3 is 2.94 bits per heavy atom. The van der Waals surface area contributed by atoms with Gasteiger partial charge in [-0.1, -0.05) is 12.1 Å². The van der Waals surface area contributed by atoms with Crippen molar-refractivity contribution >= 4 is 23.5 Å². The summed E-state index contributed by atoms with van der Waals surface area (Å²) < 4.78 is 5.32. The van der Waals surface area contributed by atoms with Crippen molar-refractivity contribution in [2.24, 2.45) is 5.73 Å². The number of nitrogens with zero attached hydrogens (tertiary/aromatic N) is 2. The van der Waals surface area contributed by atoms with Crippen LogP contribution in [0.5, 0.6) is 0 Å². The van der Waals surface area contributed by atoms with Gasteiger partial charge < -0.3 is 10.3 Å². The molecule has 1 saturated heterocycles. The van der Waals surface area contributed by atoms with Crippen LogP contribution in [0.15, 0.2) is 4.52 Å². The van der Waals surface area contributed by atoms with E-state index in [9.17, 15) is 0 Å². The van der Waals surface area contributed by atoms with E-state index in [0.29, 0.717) is 10.5 Å². The summed E-state index contributed by atoms with van der Waals surface area (Å²) in [5, 5.41) is 5.16. The molecule has 0 saturated carbocycles. The van der Waals surface area contributed by atoms with Gasteiger partial charge in [-0.15, -0.1) is 11.8 Å². The first-order valence-corrected chi connectivity index (χ1v) is 8.61. The summed E-state index contributed by atoms with van der Waals surface area (Å²) in [5.41, 5.74) is 5.74. The summed E-state index contributed by atoms with van der Waals surface area (Å²) in [6.45, 7) is 4.23. The SMILES string of the molecule is CCC1SCCSC1c1noc(CCC(C)N)n1. The highest BCUT2D eigenvalue weighted by Gasteiger charge is 2.30. The van der Waals surface area contributed by atoms with E-state index in [2.05, 4.69) is 17.1 Å². The van der Waals surface area contributed by atoms with Crippen LogP contribution in [0, 0.1) is 0 Å². The molecule has 4 nitrogen and oxygen atoms in total. The van der Waals surface area contributed by atoms with Gasteiger partial charge >= 0.3 is 0 Å². The average Bonchev–Trinajstić information content (AvgIpc) is 2.85. The zero-order valence-corrected chi connectivity index (χ0v) is 12.6. The Morgan fingerprint density at radius 1 is 1.44 bits per heavy atom. The zero-order chi connectivity index (χ0) is 13.0. The van der Waals surface area contributed by atoms with Crippen LogP contribution in [0.3, 0.4) is 0 Å². The van der Waals surface area contributed by atoms with Gasteiger partial charge in [-0.05, 0) is 19.8 Å². The number of thioether (sulfide) groups is 2. The van der Waals surface area contributed by atoms with Crippen molar-refractivity contribution in [2.75, 3.05) is 11.5 Å². The van der Waals surface area contributed by atoms with E-state index < -0.39 is 0 Å². The van der Waals surface area contributed by atoms with Crippen LogP contribution in [-0.4, -0.2) is 32.9 Å². The van der Waals surface area contributed by atoms with Gasteiger partial charge in [0.1, 0.15) is 0 Å². The average molecular weight is 287 g/mol. The van der Waals surface area contributed by atoms with Gasteiger partial charge in [-0.2, -0.15) is 16.7 Å². The number of rotatable bonds is 5. The number of hydrogen-bond acceptors (Lipinski definition) is 6. The Bertz CT molecular complexity index is 370. The second kappa shape index (κ2) is 6.82. The molecule has 0 aromatic carbocycles. The van der Waals surface area contributed by atoms with Crippen LogP contribution in [0.4, 0.5) is 0 Å². The van der Waals surface area contributed by atoms with Crippen molar-refractivity contribution in [2.45, 2.75) is 49.7 Å². The monoisotopic (exact) mass is 287 g/mol. The van der Waals surface area contributed by atoms with Crippen LogP contribution in [0.1, 0.15) is 43.7 Å². The van der Waals surface area contributed by atoms with Crippen LogP contribution in [0.2, 0.25) is 0 Å². The van der Waals surface area contributed by atoms with Gasteiger partial charge in [-0.3, -0.25) is 0 Å². The number of aryl methyl sites for hydroxylation is 1. The molecule has 3 unspecified atom stereocenters. The number of nitrogens with two attached hydrogens (primary N) is 1. The summed E-state index contributed by atoms with van der Waals surface area (Å²) in [7, 11) is 0. The van der Waals surface area contributed by atoms with E-state index in [1.165, 1.54) is 11.5 Å². The first kappa shape index (κ1) is 14.2. The van der Waals surface area contributed by atoms with Crippen molar-refractivity contribution in [3.05, 3.63) is 11.7 Å². The summed E-state index contributed by atoms with van der Waals surface area (Å²) >= 11 is 3.99. The Labute approximate surface area is 117 Å². The first-order chi connectivity index (χ1) is 8.70. The largest absolute Gasteiger partial charge is 0.339 e. The molecule has 2 rings (SSSR count). The number of hydrogen-bond donors (Lipinski definition) is 1. The molecular formula is C12H21N3OS2. The van der Waals surface area contributed by atoms with Crippen molar-refractivity contribution in [1.29, 1.82) is 0 Å². The van der Waals surface area contributed by atoms with Crippen molar-refractivity contribution in [3.8, 4) is 0 Å². The van der Waals surface area contributed by atoms with E-state index in [1.807, 2.05) is 30.4 Å². The molecule has 0 aliphatic carbocycles. The minimum Gasteiger partial charge on any atom is -0.339 e. The molecule has 1 aromatic rings. The van der Waals surface area contributed by atoms with Gasteiger partial charge in [0.05, 0.1) is 5.25 Å². The van der Waals surface area contributed by atoms with Gasteiger partial charge in [0.15, 0.2) is 5.82 Å². The molecule has 102 valence electrons. The molecule has 0 spiro atoms. The van der Waals surface area contributed by atoms with E-state index in [-0.39, 0.29) is 6.04 Å². The summed E-state index contributed by atoms with van der Waals surface area (Å²) in [4.78, 5) is 4.54. The third-order valence-electron chi connectivity index (χ3n) is 3.00. The molecular weight excluding hydrogens is 266 g/mol. The Morgan fingerprint density at radius 2 is 2.22 bits per heavy atom. The van der Waals surface area contributed by atoms with Crippen LogP contribution >= 0.6 is 23.5 Å². The molecule has 3 atom stereocenters. The molecule has 6 heteroatoms. The van der Waals surface area contributed by atoms with Crippen LogP contribution in [-0.2, 0) is 6.42 Å². The van der Waals surface area contributed by atoms with Crippen molar-refractivity contribution in [3.63, 3.8) is 0 Å². The Balaban J connectivity index is 1.99. The molecule has 1 aromatic heterocycles. The highest BCUT2D eigenvalue weighted by atomic mass is 32.2. The van der Waals surface area contributed by atoms with E-state index in [0.717, 1.165) is 31.0 Å². The van der Waals surface area contributed by atoms with Gasteiger partial charge in [0, 0.05) is 29.2 Å². The lowest BCUT2D eigenvalue weighted by atomic mass is 10.2. The lowest BCUT2D eigenvalue weighted by Gasteiger charge is -2.27. The molecule has 1 aliphatic heterocycles. The molecule has 0 amide bonds. The minimum absolute atomic E-state index is 0.184. The number of aromatic nitrogens is 2. The Kier molecular flexibility index (Phi) is 5.38. The van der Waals surface area contributed by atoms with Crippen molar-refractivity contribution < 1.29 is 4.52 Å². The Hall–Kier alpha value is -0.200. The smallest absolute Gasteiger partial charge is 0.226 e.